The van der Waals surface area contributed by atoms with E-state index in [9.17, 15) is 4.79 Å². The predicted molar refractivity (Wildman–Crippen MR) is 78.0 cm³/mol. The molecule has 1 atom stereocenters. The molecule has 1 heterocycles. The van der Waals surface area contributed by atoms with Gasteiger partial charge in [-0.2, -0.15) is 0 Å². The monoisotopic (exact) mass is 260 g/mol. The highest BCUT2D eigenvalue weighted by Crippen LogP contribution is 2.27. The molecule has 1 aromatic rings. The van der Waals surface area contributed by atoms with Crippen LogP contribution in [-0.2, 0) is 11.2 Å². The molecule has 19 heavy (non-hydrogen) atoms. The maximum atomic E-state index is 12.6. The molecule has 1 fully saturated rings. The van der Waals surface area contributed by atoms with Gasteiger partial charge in [-0.25, -0.2) is 0 Å². The van der Waals surface area contributed by atoms with E-state index in [0.717, 1.165) is 39.0 Å². The number of nitrogens with one attached hydrogen (secondary N) is 1. The minimum atomic E-state index is -0.202. The quantitative estimate of drug-likeness (QED) is 0.879. The SMILES string of the molecule is CCN(CCc1ccccc1)C(=O)C1(C)CCNC1. The van der Waals surface area contributed by atoms with E-state index in [1.807, 2.05) is 11.0 Å². The fraction of sp³-hybridized carbons (Fsp3) is 0.562. The molecule has 0 aliphatic carbocycles. The summed E-state index contributed by atoms with van der Waals surface area (Å²) in [7, 11) is 0. The lowest BCUT2D eigenvalue weighted by Crippen LogP contribution is -2.44. The highest BCUT2D eigenvalue weighted by Gasteiger charge is 2.38. The molecule has 104 valence electrons. The van der Waals surface area contributed by atoms with Gasteiger partial charge in [0.15, 0.2) is 0 Å². The van der Waals surface area contributed by atoms with Crippen LogP contribution in [0.15, 0.2) is 30.3 Å². The number of carbonyl (C=O) groups excluding carboxylic acids is 1. The number of rotatable bonds is 5. The third kappa shape index (κ3) is 3.35. The van der Waals surface area contributed by atoms with Crippen LogP contribution < -0.4 is 5.32 Å². The number of nitrogens with zero attached hydrogens (tertiary/aromatic N) is 1. The van der Waals surface area contributed by atoms with Gasteiger partial charge in [-0.05, 0) is 38.8 Å². The van der Waals surface area contributed by atoms with Crippen molar-refractivity contribution in [3.8, 4) is 0 Å². The second-order valence-electron chi connectivity index (χ2n) is 5.61. The Bertz CT molecular complexity index is 410. The highest BCUT2D eigenvalue weighted by molar-refractivity contribution is 5.83. The number of amides is 1. The summed E-state index contributed by atoms with van der Waals surface area (Å²) < 4.78 is 0. The third-order valence-electron chi connectivity index (χ3n) is 4.07. The summed E-state index contributed by atoms with van der Waals surface area (Å²) in [5, 5.41) is 3.30. The Morgan fingerprint density at radius 2 is 2.11 bits per heavy atom. The van der Waals surface area contributed by atoms with Gasteiger partial charge in [-0.1, -0.05) is 30.3 Å². The molecule has 0 radical (unpaired) electrons. The van der Waals surface area contributed by atoms with Crippen LogP contribution in [0.4, 0.5) is 0 Å². The summed E-state index contributed by atoms with van der Waals surface area (Å²) in [5.41, 5.74) is 1.09. The van der Waals surface area contributed by atoms with E-state index < -0.39 is 0 Å². The van der Waals surface area contributed by atoms with Gasteiger partial charge in [0, 0.05) is 19.6 Å². The predicted octanol–water partition coefficient (Wildman–Crippen LogP) is 2.08. The topological polar surface area (TPSA) is 32.3 Å². The number of hydrogen-bond acceptors (Lipinski definition) is 2. The average Bonchev–Trinajstić information content (AvgIpc) is 2.88. The molecule has 1 aliphatic rings. The van der Waals surface area contributed by atoms with E-state index >= 15 is 0 Å². The molecule has 0 bridgehead atoms. The Labute approximate surface area is 116 Å². The first kappa shape index (κ1) is 14.1. The van der Waals surface area contributed by atoms with Gasteiger partial charge in [0.2, 0.25) is 5.91 Å². The normalized spacial score (nSPS) is 22.4. The van der Waals surface area contributed by atoms with Gasteiger partial charge >= 0.3 is 0 Å². The van der Waals surface area contributed by atoms with Crippen molar-refractivity contribution in [2.24, 2.45) is 5.41 Å². The van der Waals surface area contributed by atoms with Gasteiger partial charge in [0.1, 0.15) is 0 Å². The first-order valence-corrected chi connectivity index (χ1v) is 7.20. The molecule has 3 heteroatoms. The molecule has 2 rings (SSSR count). The van der Waals surface area contributed by atoms with Crippen LogP contribution >= 0.6 is 0 Å². The van der Waals surface area contributed by atoms with Crippen LogP contribution in [-0.4, -0.2) is 37.0 Å². The van der Waals surface area contributed by atoms with Crippen molar-refractivity contribution in [1.29, 1.82) is 0 Å². The van der Waals surface area contributed by atoms with E-state index in [2.05, 4.69) is 43.4 Å². The highest BCUT2D eigenvalue weighted by atomic mass is 16.2. The Kier molecular flexibility index (Phi) is 4.59. The lowest BCUT2D eigenvalue weighted by molar-refractivity contribution is -0.140. The fourth-order valence-corrected chi connectivity index (χ4v) is 2.69. The maximum Gasteiger partial charge on any atom is 0.229 e. The second kappa shape index (κ2) is 6.20. The Morgan fingerprint density at radius 1 is 1.37 bits per heavy atom. The average molecular weight is 260 g/mol. The zero-order valence-corrected chi connectivity index (χ0v) is 12.0. The van der Waals surface area contributed by atoms with Gasteiger partial charge in [-0.15, -0.1) is 0 Å². The molecule has 1 aliphatic heterocycles. The molecule has 3 nitrogen and oxygen atoms in total. The Hall–Kier alpha value is -1.35. The zero-order valence-electron chi connectivity index (χ0n) is 12.0. The summed E-state index contributed by atoms with van der Waals surface area (Å²) >= 11 is 0. The van der Waals surface area contributed by atoms with E-state index in [1.165, 1.54) is 5.56 Å². The summed E-state index contributed by atoms with van der Waals surface area (Å²) in [6.07, 6.45) is 1.89. The first-order valence-electron chi connectivity index (χ1n) is 7.20. The van der Waals surface area contributed by atoms with Crippen molar-refractivity contribution >= 4 is 5.91 Å². The maximum absolute atomic E-state index is 12.6. The van der Waals surface area contributed by atoms with E-state index in [0.29, 0.717) is 5.91 Å². The van der Waals surface area contributed by atoms with Crippen molar-refractivity contribution in [1.82, 2.24) is 10.2 Å². The smallest absolute Gasteiger partial charge is 0.229 e. The molecule has 1 N–H and O–H groups in total. The first-order chi connectivity index (χ1) is 9.15. The molecule has 0 aromatic heterocycles. The third-order valence-corrected chi connectivity index (χ3v) is 4.07. The van der Waals surface area contributed by atoms with Crippen LogP contribution in [0.25, 0.3) is 0 Å². The Balaban J connectivity index is 1.94. The van der Waals surface area contributed by atoms with Crippen molar-refractivity contribution in [2.45, 2.75) is 26.7 Å². The van der Waals surface area contributed by atoms with Crippen molar-refractivity contribution in [2.75, 3.05) is 26.2 Å². The summed E-state index contributed by atoms with van der Waals surface area (Å²) in [6, 6.07) is 10.4. The van der Waals surface area contributed by atoms with Crippen LogP contribution in [0, 0.1) is 5.41 Å². The summed E-state index contributed by atoms with van der Waals surface area (Å²) in [5.74, 6) is 0.302. The van der Waals surface area contributed by atoms with Crippen LogP contribution in [0.5, 0.6) is 0 Å². The van der Waals surface area contributed by atoms with Gasteiger partial charge in [-0.3, -0.25) is 4.79 Å². The van der Waals surface area contributed by atoms with Crippen molar-refractivity contribution in [3.05, 3.63) is 35.9 Å². The van der Waals surface area contributed by atoms with Crippen molar-refractivity contribution in [3.63, 3.8) is 0 Å². The summed E-state index contributed by atoms with van der Waals surface area (Å²) in [6.45, 7) is 7.53. The molecule has 0 spiro atoms. The molecule has 1 aromatic carbocycles. The van der Waals surface area contributed by atoms with Crippen LogP contribution in [0.2, 0.25) is 0 Å². The summed E-state index contributed by atoms with van der Waals surface area (Å²) in [4.78, 5) is 14.6. The minimum absolute atomic E-state index is 0.202. The number of carbonyl (C=O) groups is 1. The molecule has 1 saturated heterocycles. The van der Waals surface area contributed by atoms with Gasteiger partial charge in [0.05, 0.1) is 5.41 Å². The van der Waals surface area contributed by atoms with Crippen LogP contribution in [0.1, 0.15) is 25.8 Å². The zero-order chi connectivity index (χ0) is 13.7. The molecule has 1 amide bonds. The van der Waals surface area contributed by atoms with E-state index in [-0.39, 0.29) is 5.41 Å². The Morgan fingerprint density at radius 3 is 2.68 bits per heavy atom. The standard InChI is InChI=1S/C16H24N2O/c1-3-18(12-9-14-7-5-4-6-8-14)15(19)16(2)10-11-17-13-16/h4-8,17H,3,9-13H2,1-2H3. The number of likely N-dealkylation sites (N-methyl/N-ethyl adjacent to an activating group) is 1. The molecule has 0 saturated carbocycles. The minimum Gasteiger partial charge on any atom is -0.342 e. The van der Waals surface area contributed by atoms with Gasteiger partial charge in [0.25, 0.3) is 0 Å². The lowest BCUT2D eigenvalue weighted by atomic mass is 9.88. The lowest BCUT2D eigenvalue weighted by Gasteiger charge is -2.30. The molecule has 1 unspecified atom stereocenters. The van der Waals surface area contributed by atoms with Gasteiger partial charge < -0.3 is 10.2 Å². The molecular weight excluding hydrogens is 236 g/mol. The number of hydrogen-bond donors (Lipinski definition) is 1. The van der Waals surface area contributed by atoms with Crippen molar-refractivity contribution < 1.29 is 4.79 Å². The fourth-order valence-electron chi connectivity index (χ4n) is 2.69. The largest absolute Gasteiger partial charge is 0.342 e. The van der Waals surface area contributed by atoms with E-state index in [1.54, 1.807) is 0 Å². The second-order valence-corrected chi connectivity index (χ2v) is 5.61. The van der Waals surface area contributed by atoms with E-state index in [4.69, 9.17) is 0 Å². The molecular formula is C16H24N2O. The number of benzene rings is 1. The van der Waals surface area contributed by atoms with Crippen LogP contribution in [0.3, 0.4) is 0 Å².